The molecule has 3 rings (SSSR count). The van der Waals surface area contributed by atoms with E-state index in [9.17, 15) is 0 Å². The normalized spacial score (nSPS) is 17.0. The molecular formula is C19H24N2. The average molecular weight is 280 g/mol. The number of fused-ring (bicyclic) bond motifs is 2. The van der Waals surface area contributed by atoms with Crippen LogP contribution in [-0.2, 0) is 6.42 Å². The molecule has 1 N–H and O–H groups in total. The molecule has 1 aliphatic heterocycles. The van der Waals surface area contributed by atoms with Gasteiger partial charge in [0.05, 0.1) is 0 Å². The summed E-state index contributed by atoms with van der Waals surface area (Å²) in [5.41, 5.74) is 5.66. The molecule has 110 valence electrons. The highest BCUT2D eigenvalue weighted by Crippen LogP contribution is 2.41. The summed E-state index contributed by atoms with van der Waals surface area (Å²) >= 11 is 0. The summed E-state index contributed by atoms with van der Waals surface area (Å²) in [5, 5.41) is 3.26. The quantitative estimate of drug-likeness (QED) is 0.848. The van der Waals surface area contributed by atoms with Gasteiger partial charge in [-0.15, -0.1) is 0 Å². The van der Waals surface area contributed by atoms with Crippen LogP contribution in [0.1, 0.15) is 29.9 Å². The topological polar surface area (TPSA) is 15.3 Å². The van der Waals surface area contributed by atoms with Gasteiger partial charge in [-0.2, -0.15) is 0 Å². The molecule has 0 fully saturated rings. The van der Waals surface area contributed by atoms with Crippen molar-refractivity contribution >= 4 is 11.4 Å². The van der Waals surface area contributed by atoms with Crippen LogP contribution in [0, 0.1) is 0 Å². The standard InChI is InChI=1S/C19H24N2/c1-20-13-7-9-15-14-16-8-3-5-11-18(16)21(2)19-12-6-4-10-17(15)19/h3-6,8,10-12,15,20H,7,9,13-14H2,1-2H3. The van der Waals surface area contributed by atoms with Crippen LogP contribution in [0.15, 0.2) is 48.5 Å². The molecule has 0 radical (unpaired) electrons. The minimum absolute atomic E-state index is 0.612. The summed E-state index contributed by atoms with van der Waals surface area (Å²) in [6.45, 7) is 1.09. The molecule has 0 saturated carbocycles. The van der Waals surface area contributed by atoms with E-state index in [2.05, 4.69) is 65.8 Å². The molecular weight excluding hydrogens is 256 g/mol. The maximum atomic E-state index is 3.26. The minimum atomic E-state index is 0.612. The van der Waals surface area contributed by atoms with Gasteiger partial charge in [0.25, 0.3) is 0 Å². The van der Waals surface area contributed by atoms with Crippen molar-refractivity contribution in [2.75, 3.05) is 25.5 Å². The van der Waals surface area contributed by atoms with Gasteiger partial charge < -0.3 is 10.2 Å². The lowest BCUT2D eigenvalue weighted by molar-refractivity contribution is 0.575. The van der Waals surface area contributed by atoms with Gasteiger partial charge in [-0.05, 0) is 62.0 Å². The Labute approximate surface area is 127 Å². The van der Waals surface area contributed by atoms with Crippen LogP contribution in [0.2, 0.25) is 0 Å². The number of para-hydroxylation sites is 2. The highest BCUT2D eigenvalue weighted by molar-refractivity contribution is 5.71. The predicted molar refractivity (Wildman–Crippen MR) is 90.6 cm³/mol. The zero-order valence-corrected chi connectivity index (χ0v) is 13.0. The van der Waals surface area contributed by atoms with Gasteiger partial charge >= 0.3 is 0 Å². The van der Waals surface area contributed by atoms with Crippen LogP contribution in [0.25, 0.3) is 0 Å². The van der Waals surface area contributed by atoms with E-state index in [0.29, 0.717) is 5.92 Å². The molecule has 2 aromatic carbocycles. The second kappa shape index (κ2) is 6.31. The Bertz CT molecular complexity index is 606. The first-order valence-corrected chi connectivity index (χ1v) is 7.86. The number of benzene rings is 2. The number of anilines is 2. The number of nitrogens with one attached hydrogen (secondary N) is 1. The van der Waals surface area contributed by atoms with E-state index in [4.69, 9.17) is 0 Å². The lowest BCUT2D eigenvalue weighted by Gasteiger charge is -2.22. The molecule has 0 saturated heterocycles. The van der Waals surface area contributed by atoms with Gasteiger partial charge in [0.1, 0.15) is 0 Å². The number of rotatable bonds is 4. The van der Waals surface area contributed by atoms with E-state index in [1.807, 2.05) is 7.05 Å². The van der Waals surface area contributed by atoms with Gasteiger partial charge in [-0.3, -0.25) is 0 Å². The molecule has 0 bridgehead atoms. The van der Waals surface area contributed by atoms with Gasteiger partial charge in [-0.25, -0.2) is 0 Å². The van der Waals surface area contributed by atoms with Crippen LogP contribution < -0.4 is 10.2 Å². The lowest BCUT2D eigenvalue weighted by atomic mass is 9.88. The fourth-order valence-corrected chi connectivity index (χ4v) is 3.44. The maximum absolute atomic E-state index is 3.26. The van der Waals surface area contributed by atoms with E-state index in [0.717, 1.165) is 13.0 Å². The third-order valence-corrected chi connectivity index (χ3v) is 4.54. The fraction of sp³-hybridized carbons (Fsp3) is 0.368. The fourth-order valence-electron chi connectivity index (χ4n) is 3.44. The highest BCUT2D eigenvalue weighted by atomic mass is 15.1. The molecule has 0 aromatic heterocycles. The smallest absolute Gasteiger partial charge is 0.0443 e. The van der Waals surface area contributed by atoms with Gasteiger partial charge in [-0.1, -0.05) is 36.4 Å². The second-order valence-corrected chi connectivity index (χ2v) is 5.89. The third-order valence-electron chi connectivity index (χ3n) is 4.54. The number of hydrogen-bond donors (Lipinski definition) is 1. The van der Waals surface area contributed by atoms with Crippen molar-refractivity contribution in [3.05, 3.63) is 59.7 Å². The summed E-state index contributed by atoms with van der Waals surface area (Å²) in [4.78, 5) is 2.35. The summed E-state index contributed by atoms with van der Waals surface area (Å²) in [7, 11) is 4.22. The molecule has 2 nitrogen and oxygen atoms in total. The van der Waals surface area contributed by atoms with E-state index in [1.165, 1.54) is 35.3 Å². The molecule has 1 aliphatic rings. The summed E-state index contributed by atoms with van der Waals surface area (Å²) in [5.74, 6) is 0.612. The van der Waals surface area contributed by atoms with Gasteiger partial charge in [0.15, 0.2) is 0 Å². The Balaban J connectivity index is 2.00. The summed E-state index contributed by atoms with van der Waals surface area (Å²) in [6.07, 6.45) is 3.60. The van der Waals surface area contributed by atoms with Crippen molar-refractivity contribution in [1.82, 2.24) is 5.32 Å². The van der Waals surface area contributed by atoms with E-state index >= 15 is 0 Å². The Hall–Kier alpha value is -1.80. The van der Waals surface area contributed by atoms with Gasteiger partial charge in [0.2, 0.25) is 0 Å². The molecule has 1 heterocycles. The van der Waals surface area contributed by atoms with E-state index < -0.39 is 0 Å². The van der Waals surface area contributed by atoms with Crippen molar-refractivity contribution in [2.24, 2.45) is 0 Å². The highest BCUT2D eigenvalue weighted by Gasteiger charge is 2.24. The Morgan fingerprint density at radius 2 is 1.76 bits per heavy atom. The molecule has 2 heteroatoms. The Morgan fingerprint density at radius 3 is 2.57 bits per heavy atom. The SMILES string of the molecule is CNCCCC1Cc2ccccc2N(C)c2ccccc21. The first-order valence-electron chi connectivity index (χ1n) is 7.86. The lowest BCUT2D eigenvalue weighted by Crippen LogP contribution is -2.12. The monoisotopic (exact) mass is 280 g/mol. The van der Waals surface area contributed by atoms with Crippen LogP contribution in [-0.4, -0.2) is 20.6 Å². The van der Waals surface area contributed by atoms with Crippen molar-refractivity contribution < 1.29 is 0 Å². The first-order chi connectivity index (χ1) is 10.3. The Kier molecular flexibility index (Phi) is 4.26. The largest absolute Gasteiger partial charge is 0.344 e. The van der Waals surface area contributed by atoms with Crippen molar-refractivity contribution in [2.45, 2.75) is 25.2 Å². The minimum Gasteiger partial charge on any atom is -0.344 e. The molecule has 2 aromatic rings. The van der Waals surface area contributed by atoms with E-state index in [-0.39, 0.29) is 0 Å². The predicted octanol–water partition coefficient (Wildman–Crippen LogP) is 4.09. The average Bonchev–Trinajstić information content (AvgIpc) is 2.65. The van der Waals surface area contributed by atoms with Gasteiger partial charge in [0, 0.05) is 18.4 Å². The van der Waals surface area contributed by atoms with Crippen molar-refractivity contribution in [3.63, 3.8) is 0 Å². The third kappa shape index (κ3) is 2.81. The van der Waals surface area contributed by atoms with Crippen LogP contribution in [0.4, 0.5) is 11.4 Å². The van der Waals surface area contributed by atoms with Crippen LogP contribution in [0.5, 0.6) is 0 Å². The maximum Gasteiger partial charge on any atom is 0.0443 e. The molecule has 0 amide bonds. The summed E-state index contributed by atoms with van der Waals surface area (Å²) in [6, 6.07) is 17.7. The first kappa shape index (κ1) is 14.2. The number of nitrogens with zero attached hydrogens (tertiary/aromatic N) is 1. The molecule has 1 atom stereocenters. The zero-order chi connectivity index (χ0) is 14.7. The van der Waals surface area contributed by atoms with Crippen molar-refractivity contribution in [3.8, 4) is 0 Å². The molecule has 0 aliphatic carbocycles. The zero-order valence-electron chi connectivity index (χ0n) is 13.0. The van der Waals surface area contributed by atoms with E-state index in [1.54, 1.807) is 0 Å². The van der Waals surface area contributed by atoms with Crippen LogP contribution in [0.3, 0.4) is 0 Å². The van der Waals surface area contributed by atoms with Crippen LogP contribution >= 0.6 is 0 Å². The molecule has 21 heavy (non-hydrogen) atoms. The summed E-state index contributed by atoms with van der Waals surface area (Å²) < 4.78 is 0. The second-order valence-electron chi connectivity index (χ2n) is 5.89. The Morgan fingerprint density at radius 1 is 1.05 bits per heavy atom. The van der Waals surface area contributed by atoms with Crippen molar-refractivity contribution in [1.29, 1.82) is 0 Å². The molecule has 1 unspecified atom stereocenters. The molecule has 0 spiro atoms. The number of hydrogen-bond acceptors (Lipinski definition) is 2.